The van der Waals surface area contributed by atoms with Gasteiger partial charge in [-0.05, 0) is 19.3 Å². The van der Waals surface area contributed by atoms with Crippen molar-refractivity contribution in [2.75, 3.05) is 11.9 Å². The molecule has 1 aromatic rings. The fourth-order valence-electron chi connectivity index (χ4n) is 1.84. The number of hydrogen-bond acceptors (Lipinski definition) is 4. The SMILES string of the molecule is Cc1nc(NCCC2CCC2)sc1C(=O)O. The third kappa shape index (κ3) is 2.52. The van der Waals surface area contributed by atoms with Gasteiger partial charge in [0.25, 0.3) is 0 Å². The molecule has 4 nitrogen and oxygen atoms in total. The lowest BCUT2D eigenvalue weighted by molar-refractivity contribution is 0.0701. The van der Waals surface area contributed by atoms with Crippen molar-refractivity contribution >= 4 is 22.4 Å². The second-order valence-electron chi connectivity index (χ2n) is 4.25. The van der Waals surface area contributed by atoms with Gasteiger partial charge in [0.15, 0.2) is 5.13 Å². The monoisotopic (exact) mass is 240 g/mol. The molecule has 1 saturated carbocycles. The predicted molar refractivity (Wildman–Crippen MR) is 64.3 cm³/mol. The number of anilines is 1. The maximum Gasteiger partial charge on any atom is 0.347 e. The predicted octanol–water partition coefficient (Wildman–Crippen LogP) is 2.75. The normalized spacial score (nSPS) is 15.8. The fraction of sp³-hybridized carbons (Fsp3) is 0.636. The van der Waals surface area contributed by atoms with E-state index in [1.165, 1.54) is 37.0 Å². The molecule has 1 aromatic heterocycles. The van der Waals surface area contributed by atoms with Crippen LogP contribution in [-0.4, -0.2) is 22.6 Å². The second kappa shape index (κ2) is 4.82. The Bertz CT molecular complexity index is 385. The average molecular weight is 240 g/mol. The van der Waals surface area contributed by atoms with Crippen molar-refractivity contribution in [3.63, 3.8) is 0 Å². The Morgan fingerprint density at radius 3 is 2.88 bits per heavy atom. The van der Waals surface area contributed by atoms with Gasteiger partial charge < -0.3 is 10.4 Å². The molecule has 1 aliphatic carbocycles. The first-order chi connectivity index (χ1) is 7.66. The molecular weight excluding hydrogens is 224 g/mol. The summed E-state index contributed by atoms with van der Waals surface area (Å²) in [6.45, 7) is 2.63. The third-order valence-electron chi connectivity index (χ3n) is 3.04. The van der Waals surface area contributed by atoms with Gasteiger partial charge in [-0.25, -0.2) is 9.78 Å². The highest BCUT2D eigenvalue weighted by molar-refractivity contribution is 7.17. The number of aryl methyl sites for hydroxylation is 1. The maximum atomic E-state index is 10.8. The van der Waals surface area contributed by atoms with Crippen molar-refractivity contribution in [3.8, 4) is 0 Å². The largest absolute Gasteiger partial charge is 0.477 e. The van der Waals surface area contributed by atoms with Crippen LogP contribution in [0.4, 0.5) is 5.13 Å². The lowest BCUT2D eigenvalue weighted by atomic mass is 9.83. The number of carbonyl (C=O) groups is 1. The number of nitrogens with one attached hydrogen (secondary N) is 1. The van der Waals surface area contributed by atoms with E-state index in [4.69, 9.17) is 5.11 Å². The summed E-state index contributed by atoms with van der Waals surface area (Å²) in [5.41, 5.74) is 0.601. The first-order valence-electron chi connectivity index (χ1n) is 5.61. The Labute approximate surface area is 98.7 Å². The summed E-state index contributed by atoms with van der Waals surface area (Å²) < 4.78 is 0. The van der Waals surface area contributed by atoms with Gasteiger partial charge in [0.2, 0.25) is 0 Å². The number of nitrogens with zero attached hydrogens (tertiary/aromatic N) is 1. The van der Waals surface area contributed by atoms with Gasteiger partial charge in [0, 0.05) is 6.54 Å². The topological polar surface area (TPSA) is 62.2 Å². The Balaban J connectivity index is 1.84. The molecule has 16 heavy (non-hydrogen) atoms. The maximum absolute atomic E-state index is 10.8. The van der Waals surface area contributed by atoms with Gasteiger partial charge in [-0.1, -0.05) is 30.6 Å². The van der Waals surface area contributed by atoms with Crippen molar-refractivity contribution in [3.05, 3.63) is 10.6 Å². The molecule has 0 radical (unpaired) electrons. The van der Waals surface area contributed by atoms with Crippen molar-refractivity contribution in [2.24, 2.45) is 5.92 Å². The Morgan fingerprint density at radius 1 is 1.62 bits per heavy atom. The molecule has 0 aliphatic heterocycles. The standard InChI is InChI=1S/C11H16N2O2S/c1-7-9(10(14)15)16-11(13-7)12-6-5-8-3-2-4-8/h8H,2-6H2,1H3,(H,12,13)(H,14,15). The Hall–Kier alpha value is -1.10. The minimum atomic E-state index is -0.887. The van der Waals surface area contributed by atoms with Gasteiger partial charge >= 0.3 is 5.97 Å². The highest BCUT2D eigenvalue weighted by Crippen LogP contribution is 2.29. The van der Waals surface area contributed by atoms with E-state index < -0.39 is 5.97 Å². The number of aromatic carboxylic acids is 1. The highest BCUT2D eigenvalue weighted by Gasteiger charge is 2.17. The Kier molecular flexibility index (Phi) is 3.43. The number of carboxylic acid groups (broad SMARTS) is 1. The van der Waals surface area contributed by atoms with E-state index >= 15 is 0 Å². The van der Waals surface area contributed by atoms with Crippen molar-refractivity contribution in [1.82, 2.24) is 4.98 Å². The summed E-state index contributed by atoms with van der Waals surface area (Å²) in [5.74, 6) is -0.0189. The molecule has 0 unspecified atom stereocenters. The zero-order valence-corrected chi connectivity index (χ0v) is 10.1. The number of aromatic nitrogens is 1. The van der Waals surface area contributed by atoms with Crippen LogP contribution in [0.15, 0.2) is 0 Å². The molecule has 0 spiro atoms. The molecule has 2 N–H and O–H groups in total. The summed E-state index contributed by atoms with van der Waals surface area (Å²) in [6.07, 6.45) is 5.23. The Morgan fingerprint density at radius 2 is 2.38 bits per heavy atom. The van der Waals surface area contributed by atoms with Gasteiger partial charge in [0.05, 0.1) is 5.69 Å². The van der Waals surface area contributed by atoms with E-state index in [9.17, 15) is 4.79 Å². The molecule has 0 amide bonds. The lowest BCUT2D eigenvalue weighted by Gasteiger charge is -2.24. The quantitative estimate of drug-likeness (QED) is 0.830. The number of thiazole rings is 1. The van der Waals surface area contributed by atoms with Gasteiger partial charge in [0.1, 0.15) is 4.88 Å². The summed E-state index contributed by atoms with van der Waals surface area (Å²) >= 11 is 1.22. The number of carboxylic acids is 1. The van der Waals surface area contributed by atoms with E-state index in [-0.39, 0.29) is 0 Å². The van der Waals surface area contributed by atoms with Crippen LogP contribution in [0.5, 0.6) is 0 Å². The van der Waals surface area contributed by atoms with E-state index in [1.54, 1.807) is 6.92 Å². The molecule has 0 saturated heterocycles. The summed E-state index contributed by atoms with van der Waals surface area (Å²) in [4.78, 5) is 15.4. The van der Waals surface area contributed by atoms with Crippen LogP contribution in [-0.2, 0) is 0 Å². The van der Waals surface area contributed by atoms with Gasteiger partial charge in [-0.15, -0.1) is 0 Å². The van der Waals surface area contributed by atoms with Crippen molar-refractivity contribution in [1.29, 1.82) is 0 Å². The van der Waals surface area contributed by atoms with Crippen LogP contribution in [0, 0.1) is 12.8 Å². The minimum absolute atomic E-state index is 0.339. The van der Waals surface area contributed by atoms with Gasteiger partial charge in [-0.3, -0.25) is 0 Å². The molecule has 1 fully saturated rings. The molecule has 0 bridgehead atoms. The van der Waals surface area contributed by atoms with Crippen LogP contribution in [0.2, 0.25) is 0 Å². The molecule has 0 atom stereocenters. The molecular formula is C11H16N2O2S. The molecule has 1 heterocycles. The molecule has 1 aliphatic rings. The summed E-state index contributed by atoms with van der Waals surface area (Å²) in [5, 5.41) is 12.8. The highest BCUT2D eigenvalue weighted by atomic mass is 32.1. The van der Waals surface area contributed by atoms with Crippen LogP contribution in [0.1, 0.15) is 41.0 Å². The molecule has 5 heteroatoms. The van der Waals surface area contributed by atoms with E-state index in [0.717, 1.165) is 17.6 Å². The molecule has 0 aromatic carbocycles. The van der Waals surface area contributed by atoms with Crippen LogP contribution < -0.4 is 5.32 Å². The minimum Gasteiger partial charge on any atom is -0.477 e. The number of hydrogen-bond donors (Lipinski definition) is 2. The van der Waals surface area contributed by atoms with Crippen LogP contribution in [0.3, 0.4) is 0 Å². The fourth-order valence-corrected chi connectivity index (χ4v) is 2.67. The third-order valence-corrected chi connectivity index (χ3v) is 4.15. The van der Waals surface area contributed by atoms with Crippen LogP contribution >= 0.6 is 11.3 Å². The number of rotatable bonds is 5. The van der Waals surface area contributed by atoms with Crippen molar-refractivity contribution in [2.45, 2.75) is 32.6 Å². The first-order valence-corrected chi connectivity index (χ1v) is 6.43. The van der Waals surface area contributed by atoms with E-state index in [2.05, 4.69) is 10.3 Å². The summed E-state index contributed by atoms with van der Waals surface area (Å²) in [7, 11) is 0. The van der Waals surface area contributed by atoms with Crippen LogP contribution in [0.25, 0.3) is 0 Å². The molecule has 2 rings (SSSR count). The van der Waals surface area contributed by atoms with Gasteiger partial charge in [-0.2, -0.15) is 0 Å². The smallest absolute Gasteiger partial charge is 0.347 e. The molecule has 88 valence electrons. The van der Waals surface area contributed by atoms with E-state index in [0.29, 0.717) is 10.6 Å². The zero-order chi connectivity index (χ0) is 11.5. The van der Waals surface area contributed by atoms with Crippen molar-refractivity contribution < 1.29 is 9.90 Å². The summed E-state index contributed by atoms with van der Waals surface area (Å²) in [6, 6.07) is 0. The van der Waals surface area contributed by atoms with E-state index in [1.807, 2.05) is 0 Å². The second-order valence-corrected chi connectivity index (χ2v) is 5.25. The first kappa shape index (κ1) is 11.4. The average Bonchev–Trinajstić information content (AvgIpc) is 2.51. The lowest BCUT2D eigenvalue weighted by Crippen LogP contribution is -2.15. The zero-order valence-electron chi connectivity index (χ0n) is 9.32.